The van der Waals surface area contributed by atoms with Crippen molar-refractivity contribution in [3.63, 3.8) is 0 Å². The molecule has 0 bridgehead atoms. The predicted octanol–water partition coefficient (Wildman–Crippen LogP) is 3.92. The highest BCUT2D eigenvalue weighted by atomic mass is 35.5. The van der Waals surface area contributed by atoms with Gasteiger partial charge in [-0.3, -0.25) is 4.79 Å². The van der Waals surface area contributed by atoms with Gasteiger partial charge >= 0.3 is 5.97 Å². The number of benzene rings is 2. The Labute approximate surface area is 169 Å². The highest BCUT2D eigenvalue weighted by Gasteiger charge is 2.77. The summed E-state index contributed by atoms with van der Waals surface area (Å²) < 4.78 is 31.7. The second-order valence-electron chi connectivity index (χ2n) is 6.69. The molecule has 2 aromatic rings. The molecule has 0 unspecified atom stereocenters. The Kier molecular flexibility index (Phi) is 5.51. The first kappa shape index (κ1) is 20.4. The number of ether oxygens (including phenoxy) is 1. The van der Waals surface area contributed by atoms with Crippen molar-refractivity contribution >= 4 is 27.4 Å². The topological polar surface area (TPSA) is 84.2 Å². The number of hydrogen-bond donors (Lipinski definition) is 0. The molecule has 1 saturated carbocycles. The molecular weight excluding hydrogens is 398 g/mol. The normalized spacial score (nSPS) is 23.6. The second kappa shape index (κ2) is 7.57. The van der Waals surface area contributed by atoms with E-state index >= 15 is 0 Å². The molecule has 0 amide bonds. The fraction of sp³-hybridized carbons (Fsp3) is 0.333. The van der Waals surface area contributed by atoms with E-state index in [4.69, 9.17) is 16.3 Å². The number of halogens is 1. The minimum absolute atomic E-state index is 0.0264. The van der Waals surface area contributed by atoms with Crippen LogP contribution in [-0.2, 0) is 25.8 Å². The lowest BCUT2D eigenvalue weighted by molar-refractivity contribution is -0.147. The SMILES string of the molecule is CCOC(=O)[C@]1(C#N)[C@@H](c2ccc(CC)cc2)[C@@H]1S(=O)(=O)c1ccc(Cl)cc1. The Morgan fingerprint density at radius 3 is 2.25 bits per heavy atom. The Morgan fingerprint density at radius 1 is 1.14 bits per heavy atom. The average Bonchev–Trinajstić information content (AvgIpc) is 3.40. The smallest absolute Gasteiger partial charge is 0.328 e. The lowest BCUT2D eigenvalue weighted by atomic mass is 9.99. The van der Waals surface area contributed by atoms with E-state index in [9.17, 15) is 18.5 Å². The molecule has 2 aromatic carbocycles. The van der Waals surface area contributed by atoms with Gasteiger partial charge in [-0.1, -0.05) is 42.8 Å². The number of carbonyl (C=O) groups excluding carboxylic acids is 1. The maximum Gasteiger partial charge on any atom is 0.328 e. The van der Waals surface area contributed by atoms with E-state index in [1.807, 2.05) is 25.1 Å². The Hall–Kier alpha value is -2.36. The van der Waals surface area contributed by atoms with E-state index in [0.29, 0.717) is 10.6 Å². The molecule has 0 saturated heterocycles. The van der Waals surface area contributed by atoms with Crippen LogP contribution in [0, 0.1) is 16.7 Å². The number of nitrogens with zero attached hydrogens (tertiary/aromatic N) is 1. The second-order valence-corrected chi connectivity index (χ2v) is 9.20. The maximum atomic E-state index is 13.3. The third-order valence-corrected chi connectivity index (χ3v) is 7.65. The van der Waals surface area contributed by atoms with Gasteiger partial charge in [0.25, 0.3) is 0 Å². The van der Waals surface area contributed by atoms with Crippen LogP contribution in [0.15, 0.2) is 53.4 Å². The molecule has 0 aromatic heterocycles. The van der Waals surface area contributed by atoms with Crippen molar-refractivity contribution in [2.24, 2.45) is 5.41 Å². The molecule has 7 heteroatoms. The van der Waals surface area contributed by atoms with Crippen molar-refractivity contribution in [1.82, 2.24) is 0 Å². The summed E-state index contributed by atoms with van der Waals surface area (Å²) in [6.45, 7) is 3.70. The summed E-state index contributed by atoms with van der Waals surface area (Å²) in [6, 6.07) is 15.0. The summed E-state index contributed by atoms with van der Waals surface area (Å²) in [5.74, 6) is -1.59. The number of hydrogen-bond acceptors (Lipinski definition) is 5. The van der Waals surface area contributed by atoms with Crippen molar-refractivity contribution in [1.29, 1.82) is 5.26 Å². The summed E-state index contributed by atoms with van der Waals surface area (Å²) >= 11 is 5.86. The summed E-state index contributed by atoms with van der Waals surface area (Å²) in [7, 11) is -3.96. The van der Waals surface area contributed by atoms with Crippen LogP contribution in [0.3, 0.4) is 0 Å². The first-order valence-corrected chi connectivity index (χ1v) is 10.9. The van der Waals surface area contributed by atoms with Crippen molar-refractivity contribution in [2.45, 2.75) is 36.3 Å². The number of rotatable bonds is 6. The number of aryl methyl sites for hydroxylation is 1. The molecule has 0 spiro atoms. The van der Waals surface area contributed by atoms with Crippen LogP contribution >= 0.6 is 11.6 Å². The zero-order valence-corrected chi connectivity index (χ0v) is 17.1. The summed E-state index contributed by atoms with van der Waals surface area (Å²) in [5, 5.41) is 9.07. The van der Waals surface area contributed by atoms with Crippen molar-refractivity contribution in [2.75, 3.05) is 6.61 Å². The quantitative estimate of drug-likeness (QED) is 0.665. The summed E-state index contributed by atoms with van der Waals surface area (Å²) in [4.78, 5) is 12.7. The highest BCUT2D eigenvalue weighted by Crippen LogP contribution is 2.64. The number of nitriles is 1. The minimum Gasteiger partial charge on any atom is -0.465 e. The van der Waals surface area contributed by atoms with Crippen molar-refractivity contribution in [3.8, 4) is 6.07 Å². The third kappa shape index (κ3) is 3.19. The molecule has 28 heavy (non-hydrogen) atoms. The molecule has 1 aliphatic carbocycles. The van der Waals surface area contributed by atoms with Crippen LogP contribution in [0.25, 0.3) is 0 Å². The molecule has 146 valence electrons. The number of esters is 1. The van der Waals surface area contributed by atoms with Gasteiger partial charge in [0.15, 0.2) is 15.3 Å². The molecule has 0 aliphatic heterocycles. The monoisotopic (exact) mass is 417 g/mol. The molecule has 3 atom stereocenters. The van der Waals surface area contributed by atoms with Gasteiger partial charge < -0.3 is 4.74 Å². The van der Waals surface area contributed by atoms with Gasteiger partial charge in [-0.25, -0.2) is 8.42 Å². The fourth-order valence-corrected chi connectivity index (χ4v) is 5.99. The van der Waals surface area contributed by atoms with Crippen molar-refractivity contribution in [3.05, 3.63) is 64.7 Å². The Morgan fingerprint density at radius 2 is 1.75 bits per heavy atom. The third-order valence-electron chi connectivity index (χ3n) is 5.15. The van der Waals surface area contributed by atoms with Gasteiger partial charge in [0.2, 0.25) is 0 Å². The van der Waals surface area contributed by atoms with Crippen LogP contribution in [0.4, 0.5) is 0 Å². The standard InChI is InChI=1S/C21H20ClNO4S/c1-3-14-5-7-15(8-6-14)18-19(21(18,13-23)20(24)27-4-2)28(25,26)17-11-9-16(22)10-12-17/h5-12,18-19H,3-4H2,1-2H3/t18-,19-,21+/m0/s1. The highest BCUT2D eigenvalue weighted by molar-refractivity contribution is 7.92. The first-order chi connectivity index (χ1) is 13.3. The lowest BCUT2D eigenvalue weighted by Gasteiger charge is -2.09. The van der Waals surface area contributed by atoms with Crippen LogP contribution in [0.2, 0.25) is 5.02 Å². The minimum atomic E-state index is -3.96. The molecule has 3 rings (SSSR count). The Balaban J connectivity index is 2.11. The van der Waals surface area contributed by atoms with E-state index in [1.165, 1.54) is 24.3 Å². The molecule has 0 radical (unpaired) electrons. The first-order valence-electron chi connectivity index (χ1n) is 8.99. The van der Waals surface area contributed by atoms with Gasteiger partial charge in [-0.05, 0) is 48.7 Å². The van der Waals surface area contributed by atoms with Gasteiger partial charge in [-0.2, -0.15) is 5.26 Å². The van der Waals surface area contributed by atoms with E-state index in [-0.39, 0.29) is 11.5 Å². The van der Waals surface area contributed by atoms with Crippen LogP contribution in [0.1, 0.15) is 30.9 Å². The van der Waals surface area contributed by atoms with Crippen LogP contribution in [0.5, 0.6) is 0 Å². The molecule has 5 nitrogen and oxygen atoms in total. The summed E-state index contributed by atoms with van der Waals surface area (Å²) in [5.41, 5.74) is -0.0445. The zero-order valence-electron chi connectivity index (χ0n) is 15.6. The van der Waals surface area contributed by atoms with E-state index in [2.05, 4.69) is 0 Å². The summed E-state index contributed by atoms with van der Waals surface area (Å²) in [6.07, 6.45) is 0.832. The zero-order chi connectivity index (χ0) is 20.5. The fourth-order valence-electron chi connectivity index (χ4n) is 3.62. The number of carbonyl (C=O) groups is 1. The van der Waals surface area contributed by atoms with Gasteiger partial charge in [0.05, 0.1) is 17.6 Å². The van der Waals surface area contributed by atoms with Gasteiger partial charge in [0.1, 0.15) is 5.25 Å². The van der Waals surface area contributed by atoms with Gasteiger partial charge in [-0.15, -0.1) is 0 Å². The maximum absolute atomic E-state index is 13.3. The largest absolute Gasteiger partial charge is 0.465 e. The van der Waals surface area contributed by atoms with Crippen LogP contribution < -0.4 is 0 Å². The van der Waals surface area contributed by atoms with E-state index < -0.39 is 32.4 Å². The molecule has 0 heterocycles. The average molecular weight is 418 g/mol. The molecular formula is C21H20ClNO4S. The molecule has 0 N–H and O–H groups in total. The molecule has 1 aliphatic rings. The van der Waals surface area contributed by atoms with Crippen LogP contribution in [-0.4, -0.2) is 26.2 Å². The molecule has 1 fully saturated rings. The Bertz CT molecular complexity index is 1030. The lowest BCUT2D eigenvalue weighted by Crippen LogP contribution is -2.25. The predicted molar refractivity (Wildman–Crippen MR) is 106 cm³/mol. The van der Waals surface area contributed by atoms with Crippen molar-refractivity contribution < 1.29 is 17.9 Å². The number of sulfone groups is 1. The van der Waals surface area contributed by atoms with E-state index in [1.54, 1.807) is 19.1 Å². The van der Waals surface area contributed by atoms with E-state index in [0.717, 1.165) is 12.0 Å². The van der Waals surface area contributed by atoms with Gasteiger partial charge in [0, 0.05) is 10.9 Å².